The van der Waals surface area contributed by atoms with Crippen molar-refractivity contribution in [2.75, 3.05) is 0 Å². The average molecular weight is 297 g/mol. The molecule has 3 nitrogen and oxygen atoms in total. The van der Waals surface area contributed by atoms with Crippen LogP contribution in [0.5, 0.6) is 0 Å². The molecule has 0 bridgehead atoms. The first kappa shape index (κ1) is 14.0. The fourth-order valence-corrected chi connectivity index (χ4v) is 3.18. The predicted molar refractivity (Wildman–Crippen MR) is 88.3 cm³/mol. The molecule has 2 heterocycles. The van der Waals surface area contributed by atoms with Crippen LogP contribution in [0.2, 0.25) is 0 Å². The zero-order chi connectivity index (χ0) is 14.7. The number of hydrogen-bond donors (Lipinski definition) is 2. The van der Waals surface area contributed by atoms with Crippen LogP contribution in [-0.2, 0) is 6.54 Å². The lowest BCUT2D eigenvalue weighted by atomic mass is 10.1. The summed E-state index contributed by atoms with van der Waals surface area (Å²) in [5.41, 5.74) is 3.51. The number of aromatic amines is 1. The molecule has 0 amide bonds. The van der Waals surface area contributed by atoms with Gasteiger partial charge in [0.2, 0.25) is 0 Å². The van der Waals surface area contributed by atoms with E-state index >= 15 is 0 Å². The second kappa shape index (κ2) is 6.24. The van der Waals surface area contributed by atoms with Gasteiger partial charge < -0.3 is 5.32 Å². The summed E-state index contributed by atoms with van der Waals surface area (Å²) in [7, 11) is 0. The summed E-state index contributed by atoms with van der Waals surface area (Å²) in [5.74, 6) is 0. The first-order valence-corrected chi connectivity index (χ1v) is 7.92. The molecule has 2 aromatic heterocycles. The SMILES string of the molecule is Cc1ccc(C(C)NCc2ccc(-c3ccn[nH]3)cc2)s1. The van der Waals surface area contributed by atoms with E-state index in [1.165, 1.54) is 15.3 Å². The van der Waals surface area contributed by atoms with Crippen LogP contribution in [0.3, 0.4) is 0 Å². The molecule has 0 spiro atoms. The summed E-state index contributed by atoms with van der Waals surface area (Å²) in [6.07, 6.45) is 1.77. The van der Waals surface area contributed by atoms with Crippen molar-refractivity contribution in [2.45, 2.75) is 26.4 Å². The van der Waals surface area contributed by atoms with Gasteiger partial charge in [0.25, 0.3) is 0 Å². The molecule has 108 valence electrons. The van der Waals surface area contributed by atoms with Gasteiger partial charge in [0.15, 0.2) is 0 Å². The van der Waals surface area contributed by atoms with Gasteiger partial charge in [0.05, 0.1) is 5.69 Å². The van der Waals surface area contributed by atoms with E-state index in [9.17, 15) is 0 Å². The van der Waals surface area contributed by atoms with Gasteiger partial charge in [-0.05, 0) is 43.2 Å². The van der Waals surface area contributed by atoms with Crippen LogP contribution in [0.4, 0.5) is 0 Å². The fraction of sp³-hybridized carbons (Fsp3) is 0.235. The Balaban J connectivity index is 1.61. The van der Waals surface area contributed by atoms with Crippen molar-refractivity contribution in [3.05, 3.63) is 64.0 Å². The van der Waals surface area contributed by atoms with Crippen molar-refractivity contribution in [1.82, 2.24) is 15.5 Å². The lowest BCUT2D eigenvalue weighted by Crippen LogP contribution is -2.17. The molecular formula is C17H19N3S. The van der Waals surface area contributed by atoms with Crippen molar-refractivity contribution in [1.29, 1.82) is 0 Å². The molecule has 0 radical (unpaired) electrons. The summed E-state index contributed by atoms with van der Waals surface area (Å²) in [4.78, 5) is 2.75. The van der Waals surface area contributed by atoms with E-state index in [0.29, 0.717) is 6.04 Å². The Morgan fingerprint density at radius 1 is 1.14 bits per heavy atom. The van der Waals surface area contributed by atoms with E-state index in [1.807, 2.05) is 17.4 Å². The van der Waals surface area contributed by atoms with Crippen LogP contribution < -0.4 is 5.32 Å². The topological polar surface area (TPSA) is 40.7 Å². The second-order valence-electron chi connectivity index (χ2n) is 5.22. The molecule has 21 heavy (non-hydrogen) atoms. The fourth-order valence-electron chi connectivity index (χ4n) is 2.28. The average Bonchev–Trinajstić information content (AvgIpc) is 3.16. The highest BCUT2D eigenvalue weighted by molar-refractivity contribution is 7.12. The van der Waals surface area contributed by atoms with E-state index in [2.05, 4.69) is 65.8 Å². The van der Waals surface area contributed by atoms with Crippen molar-refractivity contribution in [2.24, 2.45) is 0 Å². The number of thiophene rings is 1. The highest BCUT2D eigenvalue weighted by atomic mass is 32.1. The normalized spacial score (nSPS) is 12.5. The zero-order valence-corrected chi connectivity index (χ0v) is 13.1. The highest BCUT2D eigenvalue weighted by Gasteiger charge is 2.07. The summed E-state index contributed by atoms with van der Waals surface area (Å²) < 4.78 is 0. The first-order chi connectivity index (χ1) is 10.2. The molecule has 0 aliphatic rings. The number of hydrogen-bond acceptors (Lipinski definition) is 3. The van der Waals surface area contributed by atoms with Crippen LogP contribution >= 0.6 is 11.3 Å². The molecule has 1 aromatic carbocycles. The smallest absolute Gasteiger partial charge is 0.0650 e. The summed E-state index contributed by atoms with van der Waals surface area (Å²) in [6, 6.07) is 15.3. The molecule has 1 atom stereocenters. The van der Waals surface area contributed by atoms with Crippen LogP contribution in [-0.4, -0.2) is 10.2 Å². The molecule has 4 heteroatoms. The van der Waals surface area contributed by atoms with Crippen LogP contribution in [0.25, 0.3) is 11.3 Å². The molecule has 0 fully saturated rings. The van der Waals surface area contributed by atoms with E-state index in [1.54, 1.807) is 6.20 Å². The van der Waals surface area contributed by atoms with Crippen molar-refractivity contribution >= 4 is 11.3 Å². The maximum Gasteiger partial charge on any atom is 0.0650 e. The number of nitrogens with zero attached hydrogens (tertiary/aromatic N) is 1. The molecule has 3 aromatic rings. The minimum atomic E-state index is 0.385. The number of rotatable bonds is 5. The molecular weight excluding hydrogens is 278 g/mol. The van der Waals surface area contributed by atoms with Crippen LogP contribution in [0.1, 0.15) is 28.3 Å². The Bertz CT molecular complexity index is 683. The Labute approximate surface area is 129 Å². The molecule has 0 aliphatic carbocycles. The van der Waals surface area contributed by atoms with Gasteiger partial charge in [-0.2, -0.15) is 5.10 Å². The summed E-state index contributed by atoms with van der Waals surface area (Å²) in [6.45, 7) is 5.24. The van der Waals surface area contributed by atoms with Gasteiger partial charge in [-0.25, -0.2) is 0 Å². The third-order valence-electron chi connectivity index (χ3n) is 3.57. The zero-order valence-electron chi connectivity index (χ0n) is 12.3. The molecule has 0 aliphatic heterocycles. The van der Waals surface area contributed by atoms with Crippen molar-refractivity contribution < 1.29 is 0 Å². The number of aromatic nitrogens is 2. The van der Waals surface area contributed by atoms with Gasteiger partial charge >= 0.3 is 0 Å². The Kier molecular flexibility index (Phi) is 4.18. The molecule has 0 saturated heterocycles. The van der Waals surface area contributed by atoms with Gasteiger partial charge in [0.1, 0.15) is 0 Å². The number of benzene rings is 1. The van der Waals surface area contributed by atoms with E-state index in [4.69, 9.17) is 0 Å². The maximum atomic E-state index is 3.98. The monoisotopic (exact) mass is 297 g/mol. The van der Waals surface area contributed by atoms with Gasteiger partial charge in [-0.1, -0.05) is 24.3 Å². The highest BCUT2D eigenvalue weighted by Crippen LogP contribution is 2.23. The quantitative estimate of drug-likeness (QED) is 0.737. The Morgan fingerprint density at radius 3 is 2.57 bits per heavy atom. The van der Waals surface area contributed by atoms with Gasteiger partial charge in [0, 0.05) is 28.5 Å². The minimum absolute atomic E-state index is 0.385. The molecule has 3 rings (SSSR count). The van der Waals surface area contributed by atoms with Gasteiger partial charge in [-0.15, -0.1) is 11.3 Å². The minimum Gasteiger partial charge on any atom is -0.305 e. The molecule has 2 N–H and O–H groups in total. The predicted octanol–water partition coefficient (Wildman–Crippen LogP) is 4.30. The maximum absolute atomic E-state index is 3.98. The second-order valence-corrected chi connectivity index (χ2v) is 6.54. The summed E-state index contributed by atoms with van der Waals surface area (Å²) in [5, 5.41) is 10.5. The molecule has 0 saturated carbocycles. The van der Waals surface area contributed by atoms with E-state index < -0.39 is 0 Å². The Morgan fingerprint density at radius 2 is 1.95 bits per heavy atom. The van der Waals surface area contributed by atoms with Crippen molar-refractivity contribution in [3.63, 3.8) is 0 Å². The van der Waals surface area contributed by atoms with Crippen LogP contribution in [0, 0.1) is 6.92 Å². The number of nitrogens with one attached hydrogen (secondary N) is 2. The van der Waals surface area contributed by atoms with E-state index in [0.717, 1.165) is 17.8 Å². The van der Waals surface area contributed by atoms with E-state index in [-0.39, 0.29) is 0 Å². The summed E-state index contributed by atoms with van der Waals surface area (Å²) >= 11 is 1.86. The number of H-pyrrole nitrogens is 1. The Hall–Kier alpha value is -1.91. The van der Waals surface area contributed by atoms with Crippen molar-refractivity contribution in [3.8, 4) is 11.3 Å². The lowest BCUT2D eigenvalue weighted by molar-refractivity contribution is 0.583. The third kappa shape index (κ3) is 3.40. The largest absolute Gasteiger partial charge is 0.305 e. The molecule has 1 unspecified atom stereocenters. The third-order valence-corrected chi connectivity index (χ3v) is 4.75. The number of aryl methyl sites for hydroxylation is 1. The lowest BCUT2D eigenvalue weighted by Gasteiger charge is -2.12. The van der Waals surface area contributed by atoms with Gasteiger partial charge in [-0.3, -0.25) is 5.10 Å². The standard InChI is InChI=1S/C17H19N3S/c1-12-3-8-17(21-12)13(2)18-11-14-4-6-15(7-5-14)16-9-10-19-20-16/h3-10,13,18H,11H2,1-2H3,(H,19,20). The van der Waals surface area contributed by atoms with Crippen LogP contribution in [0.15, 0.2) is 48.7 Å². The first-order valence-electron chi connectivity index (χ1n) is 7.11.